The molecular formula is C13H21N5O10. The summed E-state index contributed by atoms with van der Waals surface area (Å²) in [6.07, 6.45) is 0.658. The van der Waals surface area contributed by atoms with E-state index in [1.54, 1.807) is 6.92 Å². The predicted molar refractivity (Wildman–Crippen MR) is 90.3 cm³/mol. The van der Waals surface area contributed by atoms with Gasteiger partial charge in [-0.25, -0.2) is 4.98 Å². The Morgan fingerprint density at radius 3 is 1.82 bits per heavy atom. The molecule has 0 bridgehead atoms. The Balaban J connectivity index is 0. The van der Waals surface area contributed by atoms with Crippen LogP contribution in [0.4, 0.5) is 5.95 Å². The van der Waals surface area contributed by atoms with Gasteiger partial charge in [-0.2, -0.15) is 0 Å². The molecule has 0 saturated carbocycles. The highest BCUT2D eigenvalue weighted by atomic mass is 16.6. The number of imidazole rings is 1. The summed E-state index contributed by atoms with van der Waals surface area (Å²) in [5, 5.41) is 42.2. The van der Waals surface area contributed by atoms with Gasteiger partial charge in [0, 0.05) is 6.42 Å². The minimum atomic E-state index is -1.29. The quantitative estimate of drug-likeness (QED) is 0.196. The van der Waals surface area contributed by atoms with Crippen LogP contribution in [-0.2, 0) is 19.2 Å². The van der Waals surface area contributed by atoms with Crippen molar-refractivity contribution in [2.24, 2.45) is 11.5 Å². The van der Waals surface area contributed by atoms with Crippen molar-refractivity contribution < 1.29 is 44.5 Å². The summed E-state index contributed by atoms with van der Waals surface area (Å²) in [6, 6.07) is -2.35. The van der Waals surface area contributed by atoms with Gasteiger partial charge >= 0.3 is 29.8 Å². The Morgan fingerprint density at radius 2 is 1.61 bits per heavy atom. The zero-order chi connectivity index (χ0) is 22.4. The summed E-state index contributed by atoms with van der Waals surface area (Å²) in [4.78, 5) is 54.8. The zero-order valence-corrected chi connectivity index (χ0v) is 14.6. The van der Waals surface area contributed by atoms with Gasteiger partial charge in [0.1, 0.15) is 24.0 Å². The number of nitrogens with zero attached hydrogens (tertiary/aromatic N) is 2. The highest BCUT2D eigenvalue weighted by Gasteiger charge is 2.14. The SMILES string of the molecule is Cc1cnc([N+](=O)[O-])[nH]1.N[C@@H](CC(=O)O)C(=O)O.N[C@@H](CCC(=O)O)C(=O)O. The predicted octanol–water partition coefficient (Wildman–Crippen LogP) is -1.24. The van der Waals surface area contributed by atoms with Crippen molar-refractivity contribution in [3.05, 3.63) is 22.0 Å². The van der Waals surface area contributed by atoms with E-state index in [0.29, 0.717) is 5.69 Å². The van der Waals surface area contributed by atoms with Crippen molar-refractivity contribution in [1.82, 2.24) is 9.97 Å². The molecule has 0 fully saturated rings. The van der Waals surface area contributed by atoms with Crippen LogP contribution in [0.5, 0.6) is 0 Å². The Hall–Kier alpha value is -3.59. The first kappa shape index (κ1) is 26.6. The van der Waals surface area contributed by atoms with E-state index in [1.165, 1.54) is 6.20 Å². The molecule has 9 N–H and O–H groups in total. The number of aliphatic carboxylic acids is 4. The number of nitrogens with two attached hydrogens (primary N) is 2. The lowest BCUT2D eigenvalue weighted by Crippen LogP contribution is -2.32. The second kappa shape index (κ2) is 13.6. The van der Waals surface area contributed by atoms with Crippen LogP contribution in [-0.4, -0.2) is 71.3 Å². The van der Waals surface area contributed by atoms with Gasteiger partial charge in [0.15, 0.2) is 0 Å². The Labute approximate surface area is 157 Å². The van der Waals surface area contributed by atoms with Crippen molar-refractivity contribution in [2.75, 3.05) is 0 Å². The van der Waals surface area contributed by atoms with E-state index in [2.05, 4.69) is 9.97 Å². The number of aromatic amines is 1. The molecule has 1 aromatic heterocycles. The molecule has 0 aromatic carbocycles. The van der Waals surface area contributed by atoms with Gasteiger partial charge in [-0.1, -0.05) is 4.98 Å². The fourth-order valence-corrected chi connectivity index (χ4v) is 1.17. The molecule has 0 amide bonds. The highest BCUT2D eigenvalue weighted by molar-refractivity contribution is 5.80. The molecule has 0 aliphatic heterocycles. The lowest BCUT2D eigenvalue weighted by molar-refractivity contribution is -0.393. The van der Waals surface area contributed by atoms with Crippen LogP contribution in [0.15, 0.2) is 6.20 Å². The number of H-pyrrole nitrogens is 1. The van der Waals surface area contributed by atoms with Gasteiger partial charge in [0.25, 0.3) is 0 Å². The third-order valence-corrected chi connectivity index (χ3v) is 2.56. The van der Waals surface area contributed by atoms with Gasteiger partial charge in [0.05, 0.1) is 6.42 Å². The van der Waals surface area contributed by atoms with E-state index in [9.17, 15) is 29.3 Å². The molecule has 1 heterocycles. The van der Waals surface area contributed by atoms with Gasteiger partial charge in [-0.15, -0.1) is 0 Å². The molecule has 0 spiro atoms. The van der Waals surface area contributed by atoms with E-state index in [0.717, 1.165) is 0 Å². The fourth-order valence-electron chi connectivity index (χ4n) is 1.17. The molecule has 158 valence electrons. The largest absolute Gasteiger partial charge is 0.481 e. The van der Waals surface area contributed by atoms with Crippen LogP contribution in [0.2, 0.25) is 0 Å². The van der Waals surface area contributed by atoms with Gasteiger partial charge in [0.2, 0.25) is 0 Å². The number of aryl methyl sites for hydroxylation is 1. The molecule has 15 nitrogen and oxygen atoms in total. The average molecular weight is 407 g/mol. The Kier molecular flexibility index (Phi) is 12.9. The lowest BCUT2D eigenvalue weighted by atomic mass is 10.2. The third-order valence-electron chi connectivity index (χ3n) is 2.56. The summed E-state index contributed by atoms with van der Waals surface area (Å²) in [5.41, 5.74) is 10.5. The Bertz CT molecular complexity index is 689. The summed E-state index contributed by atoms with van der Waals surface area (Å²) in [7, 11) is 0. The zero-order valence-electron chi connectivity index (χ0n) is 14.6. The van der Waals surface area contributed by atoms with Crippen LogP contribution in [0.3, 0.4) is 0 Å². The highest BCUT2D eigenvalue weighted by Crippen LogP contribution is 2.01. The first-order valence-electron chi connectivity index (χ1n) is 7.34. The summed E-state index contributed by atoms with van der Waals surface area (Å²) >= 11 is 0. The topological polar surface area (TPSA) is 273 Å². The minimum Gasteiger partial charge on any atom is -0.481 e. The fraction of sp³-hybridized carbons (Fsp3) is 0.462. The van der Waals surface area contributed by atoms with Crippen molar-refractivity contribution in [3.63, 3.8) is 0 Å². The van der Waals surface area contributed by atoms with Gasteiger partial charge in [-0.05, 0) is 18.3 Å². The van der Waals surface area contributed by atoms with Crippen LogP contribution < -0.4 is 11.5 Å². The average Bonchev–Trinajstić information content (AvgIpc) is 2.99. The first-order valence-corrected chi connectivity index (χ1v) is 7.34. The molecule has 0 unspecified atom stereocenters. The van der Waals surface area contributed by atoms with Crippen LogP contribution in [0, 0.1) is 17.0 Å². The van der Waals surface area contributed by atoms with Crippen LogP contribution in [0.1, 0.15) is 25.0 Å². The standard InChI is InChI=1S/C5H9NO4.C4H5N3O2.C4H7NO4/c6-3(5(9)10)1-2-4(7)8;1-3-2-5-4(6-3)7(8)9;5-2(4(8)9)1-3(6)7/h3H,1-2,6H2,(H,7,8)(H,9,10);2H,1H3,(H,5,6);2H,1,5H2,(H,6,7)(H,8,9)/t3-;;2-/m0.0/s1. The van der Waals surface area contributed by atoms with Crippen molar-refractivity contribution >= 4 is 29.8 Å². The normalized spacial score (nSPS) is 11.5. The van der Waals surface area contributed by atoms with Gasteiger partial charge < -0.3 is 42.0 Å². The summed E-state index contributed by atoms with van der Waals surface area (Å²) in [6.45, 7) is 1.71. The first-order chi connectivity index (χ1) is 12.8. The smallest absolute Gasteiger partial charge is 0.432 e. The molecule has 2 atom stereocenters. The number of carboxylic acid groups (broad SMARTS) is 4. The molecule has 1 rings (SSSR count). The number of carboxylic acids is 4. The molecule has 0 aliphatic rings. The van der Waals surface area contributed by atoms with Crippen molar-refractivity contribution in [1.29, 1.82) is 0 Å². The van der Waals surface area contributed by atoms with E-state index in [4.69, 9.17) is 31.9 Å². The van der Waals surface area contributed by atoms with Crippen LogP contribution in [0.25, 0.3) is 0 Å². The summed E-state index contributed by atoms with van der Waals surface area (Å²) < 4.78 is 0. The van der Waals surface area contributed by atoms with Crippen molar-refractivity contribution in [3.8, 4) is 0 Å². The number of rotatable bonds is 8. The Morgan fingerprint density at radius 1 is 1.11 bits per heavy atom. The molecule has 0 radical (unpaired) electrons. The van der Waals surface area contributed by atoms with Crippen molar-refractivity contribution in [2.45, 2.75) is 38.3 Å². The maximum Gasteiger partial charge on any atom is 0.432 e. The van der Waals surface area contributed by atoms with E-state index < -0.39 is 47.3 Å². The number of carbonyl (C=O) groups is 4. The van der Waals surface area contributed by atoms with Crippen LogP contribution >= 0.6 is 0 Å². The number of hydrogen-bond acceptors (Lipinski definition) is 9. The van der Waals surface area contributed by atoms with Gasteiger partial charge in [-0.3, -0.25) is 19.2 Å². The maximum absolute atomic E-state index is 9.99. The number of nitro groups is 1. The molecule has 0 saturated heterocycles. The second-order valence-corrected chi connectivity index (χ2v) is 5.07. The third kappa shape index (κ3) is 14.7. The number of hydrogen-bond donors (Lipinski definition) is 7. The van der Waals surface area contributed by atoms with E-state index >= 15 is 0 Å². The molecular weight excluding hydrogens is 386 g/mol. The second-order valence-electron chi connectivity index (χ2n) is 5.07. The number of nitrogens with one attached hydrogen (secondary N) is 1. The molecule has 15 heteroatoms. The lowest BCUT2D eigenvalue weighted by Gasteiger charge is -2.01. The minimum absolute atomic E-state index is 0.0231. The monoisotopic (exact) mass is 407 g/mol. The molecule has 0 aliphatic carbocycles. The maximum atomic E-state index is 9.99. The van der Waals surface area contributed by atoms with E-state index in [-0.39, 0.29) is 18.8 Å². The summed E-state index contributed by atoms with van der Waals surface area (Å²) in [5.74, 6) is -4.90. The number of aromatic nitrogens is 2. The molecule has 28 heavy (non-hydrogen) atoms. The molecule has 1 aromatic rings. The van der Waals surface area contributed by atoms with E-state index in [1.807, 2.05) is 0 Å².